The maximum atomic E-state index is 12.2. The Balaban J connectivity index is 1.78. The summed E-state index contributed by atoms with van der Waals surface area (Å²) in [6.07, 6.45) is 5.76. The zero-order valence-corrected chi connectivity index (χ0v) is 12.9. The van der Waals surface area contributed by atoms with Gasteiger partial charge in [-0.3, -0.25) is 4.79 Å². The standard InChI is InChI=1S/C15H22N2O2S/c1-3-15(6-7-15)8-17-14-12(19-2)10(16)13(20-14)11(18)9-4-5-9/h9,17H,3-8,16H2,1-2H3. The highest BCUT2D eigenvalue weighted by atomic mass is 32.1. The first-order chi connectivity index (χ1) is 9.60. The SMILES string of the molecule is CCC1(CNc2sc(C(=O)C3CC3)c(N)c2OC)CC1. The number of anilines is 2. The number of ether oxygens (including phenoxy) is 1. The van der Waals surface area contributed by atoms with E-state index in [-0.39, 0.29) is 11.7 Å². The first-order valence-electron chi connectivity index (χ1n) is 7.34. The average Bonchev–Trinajstić information content (AvgIpc) is 3.35. The number of methoxy groups -OCH3 is 1. The van der Waals surface area contributed by atoms with Crippen LogP contribution in [0.3, 0.4) is 0 Å². The van der Waals surface area contributed by atoms with Crippen molar-refractivity contribution in [2.45, 2.75) is 39.0 Å². The Bertz CT molecular complexity index is 530. The van der Waals surface area contributed by atoms with Gasteiger partial charge in [-0.05, 0) is 37.5 Å². The minimum absolute atomic E-state index is 0.190. The molecule has 2 fully saturated rings. The summed E-state index contributed by atoms with van der Waals surface area (Å²) in [6, 6.07) is 0. The highest BCUT2D eigenvalue weighted by Crippen LogP contribution is 2.50. The van der Waals surface area contributed by atoms with Crippen molar-refractivity contribution in [1.82, 2.24) is 0 Å². The van der Waals surface area contributed by atoms with Crippen LogP contribution in [-0.2, 0) is 0 Å². The lowest BCUT2D eigenvalue weighted by Gasteiger charge is -2.14. The zero-order valence-electron chi connectivity index (χ0n) is 12.1. The zero-order chi connectivity index (χ0) is 14.3. The second-order valence-corrected chi connectivity index (χ2v) is 7.07. The van der Waals surface area contributed by atoms with Gasteiger partial charge in [-0.2, -0.15) is 0 Å². The Morgan fingerprint density at radius 2 is 2.20 bits per heavy atom. The van der Waals surface area contributed by atoms with Crippen LogP contribution in [0.5, 0.6) is 5.75 Å². The van der Waals surface area contributed by atoms with E-state index in [0.29, 0.717) is 21.7 Å². The summed E-state index contributed by atoms with van der Waals surface area (Å²) in [6.45, 7) is 3.17. The van der Waals surface area contributed by atoms with Crippen molar-refractivity contribution in [1.29, 1.82) is 0 Å². The smallest absolute Gasteiger partial charge is 0.178 e. The molecule has 5 heteroatoms. The summed E-state index contributed by atoms with van der Waals surface area (Å²) < 4.78 is 5.40. The fraction of sp³-hybridized carbons (Fsp3) is 0.667. The first-order valence-corrected chi connectivity index (χ1v) is 8.16. The molecule has 2 saturated carbocycles. The van der Waals surface area contributed by atoms with E-state index in [2.05, 4.69) is 12.2 Å². The fourth-order valence-electron chi connectivity index (χ4n) is 2.56. The van der Waals surface area contributed by atoms with Crippen molar-refractivity contribution >= 4 is 27.8 Å². The summed E-state index contributed by atoms with van der Waals surface area (Å²) in [4.78, 5) is 12.9. The topological polar surface area (TPSA) is 64.4 Å². The number of nitrogens with one attached hydrogen (secondary N) is 1. The molecule has 0 saturated heterocycles. The van der Waals surface area contributed by atoms with Crippen LogP contribution < -0.4 is 15.8 Å². The third kappa shape index (κ3) is 2.39. The third-order valence-corrected chi connectivity index (χ3v) is 5.77. The van der Waals surface area contributed by atoms with Gasteiger partial charge in [0.2, 0.25) is 0 Å². The van der Waals surface area contributed by atoms with Gasteiger partial charge < -0.3 is 15.8 Å². The number of hydrogen-bond acceptors (Lipinski definition) is 5. The fourth-order valence-corrected chi connectivity index (χ4v) is 3.67. The molecular weight excluding hydrogens is 272 g/mol. The molecule has 0 amide bonds. The number of nitrogen functional groups attached to an aromatic ring is 1. The molecule has 20 heavy (non-hydrogen) atoms. The molecule has 2 aliphatic rings. The molecule has 0 aliphatic heterocycles. The molecule has 2 aliphatic carbocycles. The summed E-state index contributed by atoms with van der Waals surface area (Å²) in [7, 11) is 1.61. The van der Waals surface area contributed by atoms with Crippen molar-refractivity contribution in [3.05, 3.63) is 4.88 Å². The highest BCUT2D eigenvalue weighted by molar-refractivity contribution is 7.19. The minimum atomic E-state index is 0.190. The number of carbonyl (C=O) groups excluding carboxylic acids is 1. The first kappa shape index (κ1) is 13.7. The largest absolute Gasteiger partial charge is 0.492 e. The van der Waals surface area contributed by atoms with Gasteiger partial charge in [0.1, 0.15) is 5.00 Å². The number of thiophene rings is 1. The van der Waals surface area contributed by atoms with E-state index < -0.39 is 0 Å². The minimum Gasteiger partial charge on any atom is -0.492 e. The Labute approximate surface area is 123 Å². The third-order valence-electron chi connectivity index (χ3n) is 4.61. The molecule has 0 unspecified atom stereocenters. The van der Waals surface area contributed by atoms with Gasteiger partial charge in [0.25, 0.3) is 0 Å². The molecule has 0 atom stereocenters. The number of carbonyl (C=O) groups is 1. The lowest BCUT2D eigenvalue weighted by Crippen LogP contribution is -2.14. The van der Waals surface area contributed by atoms with Gasteiger partial charge in [0.05, 0.1) is 17.7 Å². The summed E-state index contributed by atoms with van der Waals surface area (Å²) >= 11 is 1.46. The van der Waals surface area contributed by atoms with Crippen LogP contribution >= 0.6 is 11.3 Å². The Morgan fingerprint density at radius 1 is 1.50 bits per heavy atom. The average molecular weight is 294 g/mol. The molecule has 3 N–H and O–H groups in total. The van der Waals surface area contributed by atoms with Gasteiger partial charge >= 0.3 is 0 Å². The second-order valence-electron chi connectivity index (χ2n) is 6.05. The molecule has 0 bridgehead atoms. The van der Waals surface area contributed by atoms with Crippen LogP contribution in [0.15, 0.2) is 0 Å². The molecule has 4 nitrogen and oxygen atoms in total. The van der Waals surface area contributed by atoms with Gasteiger partial charge in [-0.1, -0.05) is 6.92 Å². The van der Waals surface area contributed by atoms with Gasteiger partial charge in [-0.15, -0.1) is 11.3 Å². The van der Waals surface area contributed by atoms with E-state index in [1.807, 2.05) is 0 Å². The monoisotopic (exact) mass is 294 g/mol. The second kappa shape index (κ2) is 4.95. The molecule has 1 aromatic heterocycles. The van der Waals surface area contributed by atoms with E-state index in [9.17, 15) is 4.79 Å². The van der Waals surface area contributed by atoms with E-state index in [1.165, 1.54) is 30.6 Å². The van der Waals surface area contributed by atoms with Crippen LogP contribution in [0.1, 0.15) is 48.7 Å². The van der Waals surface area contributed by atoms with Crippen LogP contribution in [0.4, 0.5) is 10.7 Å². The van der Waals surface area contributed by atoms with Crippen molar-refractivity contribution in [2.75, 3.05) is 24.7 Å². The van der Waals surface area contributed by atoms with Crippen molar-refractivity contribution < 1.29 is 9.53 Å². The molecule has 110 valence electrons. The molecule has 1 aromatic rings. The molecule has 0 spiro atoms. The van der Waals surface area contributed by atoms with Crippen LogP contribution in [0, 0.1) is 11.3 Å². The predicted molar refractivity (Wildman–Crippen MR) is 82.8 cm³/mol. The molecule has 1 heterocycles. The predicted octanol–water partition coefficient (Wildman–Crippen LogP) is 3.53. The van der Waals surface area contributed by atoms with Crippen molar-refractivity contribution in [3.63, 3.8) is 0 Å². The molecular formula is C15H22N2O2S. The highest BCUT2D eigenvalue weighted by Gasteiger charge is 2.41. The van der Waals surface area contributed by atoms with E-state index >= 15 is 0 Å². The molecule has 0 radical (unpaired) electrons. The number of rotatable bonds is 7. The Hall–Kier alpha value is -1.23. The van der Waals surface area contributed by atoms with E-state index in [0.717, 1.165) is 24.4 Å². The number of nitrogens with two attached hydrogens (primary N) is 1. The maximum Gasteiger partial charge on any atom is 0.178 e. The summed E-state index contributed by atoms with van der Waals surface area (Å²) in [5.74, 6) is 1.03. The Kier molecular flexibility index (Phi) is 3.40. The maximum absolute atomic E-state index is 12.2. The van der Waals surface area contributed by atoms with Crippen molar-refractivity contribution in [3.8, 4) is 5.75 Å². The van der Waals surface area contributed by atoms with Crippen LogP contribution in [-0.4, -0.2) is 19.4 Å². The van der Waals surface area contributed by atoms with E-state index in [1.54, 1.807) is 7.11 Å². The lowest BCUT2D eigenvalue weighted by molar-refractivity contribution is 0.0972. The van der Waals surface area contributed by atoms with Gasteiger partial charge in [0, 0.05) is 12.5 Å². The van der Waals surface area contributed by atoms with Gasteiger partial charge in [0.15, 0.2) is 11.5 Å². The molecule has 3 rings (SSSR count). The number of Topliss-reactive ketones (excluding diaryl/α,β-unsaturated/α-hetero) is 1. The Morgan fingerprint density at radius 3 is 2.70 bits per heavy atom. The number of hydrogen-bond donors (Lipinski definition) is 2. The van der Waals surface area contributed by atoms with Gasteiger partial charge in [-0.25, -0.2) is 0 Å². The van der Waals surface area contributed by atoms with Crippen LogP contribution in [0.25, 0.3) is 0 Å². The summed E-state index contributed by atoms with van der Waals surface area (Å²) in [5, 5.41) is 4.37. The van der Waals surface area contributed by atoms with Crippen molar-refractivity contribution in [2.24, 2.45) is 11.3 Å². The number of ketones is 1. The van der Waals surface area contributed by atoms with E-state index in [4.69, 9.17) is 10.5 Å². The van der Waals surface area contributed by atoms with Crippen LogP contribution in [0.2, 0.25) is 0 Å². The quantitative estimate of drug-likeness (QED) is 0.755. The lowest BCUT2D eigenvalue weighted by atomic mass is 10.0. The summed E-state index contributed by atoms with van der Waals surface area (Å²) in [5.41, 5.74) is 7.05. The molecule has 0 aromatic carbocycles. The normalized spacial score (nSPS) is 19.7.